The largest absolute Gasteiger partial charge is 0.387 e. The first kappa shape index (κ1) is 14.2. The summed E-state index contributed by atoms with van der Waals surface area (Å²) < 4.78 is 0. The molecule has 1 atom stereocenters. The van der Waals surface area contributed by atoms with Gasteiger partial charge in [-0.25, -0.2) is 4.98 Å². The van der Waals surface area contributed by atoms with E-state index in [0.29, 0.717) is 0 Å². The molecule has 0 amide bonds. The van der Waals surface area contributed by atoms with E-state index in [4.69, 9.17) is 5.73 Å². The fraction of sp³-hybridized carbons (Fsp3) is 0.273. The van der Waals surface area contributed by atoms with Crippen molar-refractivity contribution in [2.24, 2.45) is 0 Å². The maximum absolute atomic E-state index is 11.0. The molecule has 0 aliphatic rings. The molecule has 0 aromatic carbocycles. The quantitative estimate of drug-likeness (QED) is 0.563. The summed E-state index contributed by atoms with van der Waals surface area (Å²) in [6.45, 7) is 1.57. The van der Waals surface area contributed by atoms with E-state index >= 15 is 0 Å². The smallest absolute Gasteiger partial charge is 0.332 e. The maximum atomic E-state index is 11.0. The zero-order valence-electron chi connectivity index (χ0n) is 10.6. The fourth-order valence-corrected chi connectivity index (χ4v) is 2.41. The van der Waals surface area contributed by atoms with Crippen LogP contribution >= 0.6 is 11.3 Å². The summed E-state index contributed by atoms with van der Waals surface area (Å²) in [7, 11) is 0. The minimum atomic E-state index is -0.780. The first-order valence-electron chi connectivity index (χ1n) is 5.71. The highest BCUT2D eigenvalue weighted by atomic mass is 32.1. The van der Waals surface area contributed by atoms with Crippen LogP contribution in [0.25, 0.3) is 0 Å². The van der Waals surface area contributed by atoms with Gasteiger partial charge in [-0.05, 0) is 29.3 Å². The number of aryl methyl sites for hydroxylation is 1. The van der Waals surface area contributed by atoms with Crippen LogP contribution in [0.4, 0.5) is 17.5 Å². The molecule has 106 valence electrons. The number of aliphatic hydroxyl groups excluding tert-OH is 1. The minimum Gasteiger partial charge on any atom is -0.387 e. The second-order valence-electron chi connectivity index (χ2n) is 4.07. The Kier molecular flexibility index (Phi) is 4.11. The first-order chi connectivity index (χ1) is 9.49. The summed E-state index contributed by atoms with van der Waals surface area (Å²) in [4.78, 5) is 18.0. The summed E-state index contributed by atoms with van der Waals surface area (Å²) in [6.07, 6.45) is -0.780. The van der Waals surface area contributed by atoms with Crippen LogP contribution in [0.15, 0.2) is 16.8 Å². The molecule has 0 saturated carbocycles. The molecular formula is C11H13N5O3S. The maximum Gasteiger partial charge on any atom is 0.332 e. The Morgan fingerprint density at radius 1 is 1.60 bits per heavy atom. The van der Waals surface area contributed by atoms with E-state index in [1.165, 1.54) is 18.3 Å². The van der Waals surface area contributed by atoms with Crippen molar-refractivity contribution in [1.82, 2.24) is 9.97 Å². The lowest BCUT2D eigenvalue weighted by molar-refractivity contribution is -0.385. The van der Waals surface area contributed by atoms with E-state index in [2.05, 4.69) is 15.3 Å². The van der Waals surface area contributed by atoms with E-state index in [1.807, 2.05) is 5.38 Å². The van der Waals surface area contributed by atoms with Gasteiger partial charge >= 0.3 is 5.69 Å². The normalized spacial score (nSPS) is 12.1. The highest BCUT2D eigenvalue weighted by Gasteiger charge is 2.22. The molecule has 9 heteroatoms. The van der Waals surface area contributed by atoms with Crippen molar-refractivity contribution >= 4 is 28.8 Å². The van der Waals surface area contributed by atoms with Crippen LogP contribution in [-0.4, -0.2) is 26.5 Å². The number of hydrogen-bond donors (Lipinski definition) is 3. The van der Waals surface area contributed by atoms with Gasteiger partial charge in [-0.15, -0.1) is 0 Å². The average Bonchev–Trinajstić information content (AvgIpc) is 2.88. The molecule has 2 aromatic rings. The van der Waals surface area contributed by atoms with Crippen molar-refractivity contribution < 1.29 is 10.0 Å². The molecule has 0 spiro atoms. The Bertz CT molecular complexity index is 617. The Morgan fingerprint density at radius 3 is 2.95 bits per heavy atom. The number of nitrogens with zero attached hydrogens (tertiary/aromatic N) is 3. The van der Waals surface area contributed by atoms with Gasteiger partial charge in [0.2, 0.25) is 11.8 Å². The predicted octanol–water partition coefficient (Wildman–Crippen LogP) is 1.48. The molecule has 2 rings (SSSR count). The standard InChI is InChI=1S/C11H13N5O3S/c1-6-9(16(18)19)10(15-11(12)14-6)13-4-8(17)7-2-3-20-5-7/h2-3,5,8,17H,4H2,1H3,(H3,12,13,14,15). The van der Waals surface area contributed by atoms with Gasteiger partial charge in [0, 0.05) is 6.54 Å². The highest BCUT2D eigenvalue weighted by Crippen LogP contribution is 2.26. The number of nitro groups is 1. The van der Waals surface area contributed by atoms with Gasteiger partial charge in [0.05, 0.1) is 11.0 Å². The number of nitrogen functional groups attached to an aromatic ring is 1. The van der Waals surface area contributed by atoms with Gasteiger partial charge in [0.1, 0.15) is 5.69 Å². The van der Waals surface area contributed by atoms with Gasteiger partial charge in [-0.1, -0.05) is 0 Å². The summed E-state index contributed by atoms with van der Waals surface area (Å²) in [5.41, 5.74) is 6.16. The number of anilines is 2. The molecule has 0 radical (unpaired) electrons. The van der Waals surface area contributed by atoms with Crippen LogP contribution in [0.1, 0.15) is 17.4 Å². The zero-order chi connectivity index (χ0) is 14.7. The van der Waals surface area contributed by atoms with Crippen molar-refractivity contribution in [3.05, 3.63) is 38.2 Å². The van der Waals surface area contributed by atoms with Crippen molar-refractivity contribution in [3.8, 4) is 0 Å². The monoisotopic (exact) mass is 295 g/mol. The Morgan fingerprint density at radius 2 is 2.35 bits per heavy atom. The second-order valence-corrected chi connectivity index (χ2v) is 4.85. The van der Waals surface area contributed by atoms with Crippen molar-refractivity contribution in [3.63, 3.8) is 0 Å². The number of hydrogen-bond acceptors (Lipinski definition) is 8. The third kappa shape index (κ3) is 3.00. The van der Waals surface area contributed by atoms with E-state index in [-0.39, 0.29) is 29.7 Å². The number of thiophene rings is 1. The van der Waals surface area contributed by atoms with Gasteiger partial charge < -0.3 is 16.2 Å². The lowest BCUT2D eigenvalue weighted by atomic mass is 10.2. The first-order valence-corrected chi connectivity index (χ1v) is 6.66. The molecule has 1 unspecified atom stereocenters. The molecule has 0 fully saturated rings. The number of aromatic nitrogens is 2. The molecule has 0 aliphatic carbocycles. The third-order valence-electron chi connectivity index (χ3n) is 2.65. The van der Waals surface area contributed by atoms with Crippen molar-refractivity contribution in [1.29, 1.82) is 0 Å². The molecule has 8 nitrogen and oxygen atoms in total. The third-order valence-corrected chi connectivity index (χ3v) is 3.35. The number of nitrogens with two attached hydrogens (primary N) is 1. The van der Waals surface area contributed by atoms with E-state index in [1.54, 1.807) is 11.4 Å². The Labute approximate surface area is 118 Å². The van der Waals surface area contributed by atoms with Crippen molar-refractivity contribution in [2.45, 2.75) is 13.0 Å². The highest BCUT2D eigenvalue weighted by molar-refractivity contribution is 7.07. The van der Waals surface area contributed by atoms with Crippen LogP contribution < -0.4 is 11.1 Å². The molecule has 2 heterocycles. The lowest BCUT2D eigenvalue weighted by Crippen LogP contribution is -2.15. The summed E-state index contributed by atoms with van der Waals surface area (Å²) in [6, 6.07) is 1.78. The molecule has 0 aliphatic heterocycles. The van der Waals surface area contributed by atoms with Gasteiger partial charge in [0.25, 0.3) is 0 Å². The number of aliphatic hydroxyl groups is 1. The van der Waals surface area contributed by atoms with E-state index in [0.717, 1.165) is 5.56 Å². The second kappa shape index (κ2) is 5.80. The summed E-state index contributed by atoms with van der Waals surface area (Å²) in [5, 5.41) is 27.3. The van der Waals surface area contributed by atoms with Crippen LogP contribution in [0, 0.1) is 17.0 Å². The van der Waals surface area contributed by atoms with Crippen LogP contribution in [0.2, 0.25) is 0 Å². The van der Waals surface area contributed by atoms with Crippen LogP contribution in [-0.2, 0) is 0 Å². The van der Waals surface area contributed by atoms with Gasteiger partial charge in [-0.3, -0.25) is 10.1 Å². The van der Waals surface area contributed by atoms with E-state index < -0.39 is 11.0 Å². The van der Waals surface area contributed by atoms with Gasteiger partial charge in [-0.2, -0.15) is 16.3 Å². The summed E-state index contributed by atoms with van der Waals surface area (Å²) in [5.74, 6) is -0.0464. The zero-order valence-corrected chi connectivity index (χ0v) is 11.4. The lowest BCUT2D eigenvalue weighted by Gasteiger charge is -2.12. The van der Waals surface area contributed by atoms with Crippen molar-refractivity contribution in [2.75, 3.05) is 17.6 Å². The molecular weight excluding hydrogens is 282 g/mol. The average molecular weight is 295 g/mol. The fourth-order valence-electron chi connectivity index (χ4n) is 1.71. The SMILES string of the molecule is Cc1nc(N)nc(NCC(O)c2ccsc2)c1[N+](=O)[O-]. The topological polar surface area (TPSA) is 127 Å². The minimum absolute atomic E-state index is 0.00859. The molecule has 4 N–H and O–H groups in total. The molecule has 2 aromatic heterocycles. The van der Waals surface area contributed by atoms with Crippen LogP contribution in [0.5, 0.6) is 0 Å². The molecule has 0 bridgehead atoms. The Hall–Kier alpha value is -2.26. The molecule has 0 saturated heterocycles. The predicted molar refractivity (Wildman–Crippen MR) is 75.6 cm³/mol. The Balaban J connectivity index is 2.19. The van der Waals surface area contributed by atoms with Gasteiger partial charge in [0.15, 0.2) is 0 Å². The molecule has 20 heavy (non-hydrogen) atoms. The number of rotatable bonds is 5. The number of nitrogens with one attached hydrogen (secondary N) is 1. The van der Waals surface area contributed by atoms with E-state index in [9.17, 15) is 15.2 Å². The summed E-state index contributed by atoms with van der Waals surface area (Å²) >= 11 is 1.46. The van der Waals surface area contributed by atoms with Crippen LogP contribution in [0.3, 0.4) is 0 Å².